The Balaban J connectivity index is 1.74. The highest BCUT2D eigenvalue weighted by Crippen LogP contribution is 2.41. The van der Waals surface area contributed by atoms with Crippen LogP contribution < -0.4 is 11.1 Å². The van der Waals surface area contributed by atoms with Crippen molar-refractivity contribution in [2.24, 2.45) is 10.6 Å². The van der Waals surface area contributed by atoms with Crippen LogP contribution in [0.25, 0.3) is 0 Å². The molecule has 36 heavy (non-hydrogen) atoms. The summed E-state index contributed by atoms with van der Waals surface area (Å²) in [6.45, 7) is 6.21. The Morgan fingerprint density at radius 1 is 1.33 bits per heavy atom. The van der Waals surface area contributed by atoms with Crippen molar-refractivity contribution in [3.63, 3.8) is 0 Å². The molecule has 1 fully saturated rings. The number of hydrogen-bond donors (Lipinski definition) is 2. The Bertz CT molecular complexity index is 1150. The molecular weight excluding hydrogens is 510 g/mol. The molecule has 1 aromatic rings. The number of anilines is 1. The maximum atomic E-state index is 13.1. The fraction of sp³-hybridized carbons (Fsp3) is 0.455. The molecule has 2 aliphatic heterocycles. The van der Waals surface area contributed by atoms with E-state index in [1.54, 1.807) is 45.2 Å². The highest BCUT2D eigenvalue weighted by Gasteiger charge is 2.54. The van der Waals surface area contributed by atoms with E-state index < -0.39 is 47.4 Å². The number of carbonyl (C=O) groups is 4. The molecular formula is C22H27N5O7S2. The summed E-state index contributed by atoms with van der Waals surface area (Å²) in [6, 6.07) is -0.922. The van der Waals surface area contributed by atoms with E-state index in [2.05, 4.69) is 15.5 Å². The van der Waals surface area contributed by atoms with Gasteiger partial charge in [-0.05, 0) is 33.3 Å². The van der Waals surface area contributed by atoms with Gasteiger partial charge in [0.1, 0.15) is 29.9 Å². The third-order valence-corrected chi connectivity index (χ3v) is 6.98. The molecule has 0 bridgehead atoms. The van der Waals surface area contributed by atoms with Crippen LogP contribution in [0.15, 0.2) is 34.0 Å². The number of thiazole rings is 1. The van der Waals surface area contributed by atoms with Crippen LogP contribution in [-0.2, 0) is 33.5 Å². The minimum absolute atomic E-state index is 0.0391. The summed E-state index contributed by atoms with van der Waals surface area (Å²) in [5, 5.41) is 7.59. The molecule has 0 aliphatic carbocycles. The fourth-order valence-corrected chi connectivity index (χ4v) is 5.15. The summed E-state index contributed by atoms with van der Waals surface area (Å²) in [5.41, 5.74) is 5.57. The summed E-state index contributed by atoms with van der Waals surface area (Å²) < 4.78 is 10.2. The number of ether oxygens (including phenoxy) is 2. The van der Waals surface area contributed by atoms with Gasteiger partial charge in [-0.3, -0.25) is 19.3 Å². The van der Waals surface area contributed by atoms with E-state index in [9.17, 15) is 19.2 Å². The maximum Gasteiger partial charge on any atom is 0.358 e. The maximum absolute atomic E-state index is 13.1. The van der Waals surface area contributed by atoms with Crippen LogP contribution in [0.1, 0.15) is 33.4 Å². The second kappa shape index (κ2) is 11.1. The molecule has 3 rings (SSSR count). The second-order valence-electron chi connectivity index (χ2n) is 8.66. The number of β-lactam (4-membered cyclic amide) rings is 1. The van der Waals surface area contributed by atoms with Crippen LogP contribution in [0, 0.1) is 5.41 Å². The summed E-state index contributed by atoms with van der Waals surface area (Å²) in [6.07, 6.45) is 3.44. The number of esters is 2. The van der Waals surface area contributed by atoms with Gasteiger partial charge in [-0.15, -0.1) is 23.1 Å². The lowest BCUT2D eigenvalue weighted by atomic mass is 9.98. The highest BCUT2D eigenvalue weighted by atomic mass is 32.2. The van der Waals surface area contributed by atoms with Gasteiger partial charge in [-0.1, -0.05) is 17.3 Å². The molecule has 194 valence electrons. The molecule has 3 heterocycles. The Morgan fingerprint density at radius 2 is 2.06 bits per heavy atom. The van der Waals surface area contributed by atoms with E-state index in [0.29, 0.717) is 11.3 Å². The van der Waals surface area contributed by atoms with E-state index in [1.807, 2.05) is 0 Å². The van der Waals surface area contributed by atoms with Gasteiger partial charge in [0.15, 0.2) is 10.8 Å². The zero-order chi connectivity index (χ0) is 26.6. The number of fused-ring (bicyclic) bond motifs is 1. The van der Waals surface area contributed by atoms with Crippen molar-refractivity contribution in [2.45, 2.75) is 39.1 Å². The Hall–Kier alpha value is -3.39. The van der Waals surface area contributed by atoms with Gasteiger partial charge in [0.2, 0.25) is 6.79 Å². The van der Waals surface area contributed by atoms with E-state index in [0.717, 1.165) is 11.3 Å². The number of thioether (sulfide) groups is 1. The number of allylic oxidation sites excluding steroid dienone is 2. The number of nitrogens with one attached hydrogen (secondary N) is 1. The smallest absolute Gasteiger partial charge is 0.358 e. The van der Waals surface area contributed by atoms with Crippen molar-refractivity contribution in [3.05, 3.63) is 34.5 Å². The molecule has 0 radical (unpaired) electrons. The summed E-state index contributed by atoms with van der Waals surface area (Å²) in [5.74, 6) is -2.14. The van der Waals surface area contributed by atoms with Crippen molar-refractivity contribution in [1.82, 2.24) is 15.2 Å². The summed E-state index contributed by atoms with van der Waals surface area (Å²) in [7, 11) is 1.28. The fourth-order valence-electron chi connectivity index (χ4n) is 3.28. The van der Waals surface area contributed by atoms with Crippen LogP contribution in [0.4, 0.5) is 5.13 Å². The molecule has 0 saturated carbocycles. The van der Waals surface area contributed by atoms with Gasteiger partial charge in [-0.2, -0.15) is 0 Å². The van der Waals surface area contributed by atoms with Crippen LogP contribution in [-0.4, -0.2) is 70.4 Å². The summed E-state index contributed by atoms with van der Waals surface area (Å²) >= 11 is 2.50. The monoisotopic (exact) mass is 537 g/mol. The standard InChI is InChI=1S/C22H27N5O7S2/c1-6-7-11-8-35-18-14(25-16(28)13(26-32-5)12-9-36-21(23)24-12)17(29)27(18)15(11)19(30)33-10-34-20(31)22(2,3)4/h6-7,9,14,18H,8,10H2,1-5H3,(H2,23,24)(H,25,28)/b7-6-,26-13-/t14-,18+/m1/s1. The van der Waals surface area contributed by atoms with Gasteiger partial charge < -0.3 is 25.4 Å². The van der Waals surface area contributed by atoms with Crippen LogP contribution in [0.3, 0.4) is 0 Å². The zero-order valence-corrected chi connectivity index (χ0v) is 22.0. The molecule has 14 heteroatoms. The van der Waals surface area contributed by atoms with E-state index in [1.165, 1.54) is 23.8 Å². The number of nitrogens with two attached hydrogens (primary N) is 1. The molecule has 1 aromatic heterocycles. The van der Waals surface area contributed by atoms with E-state index >= 15 is 0 Å². The van der Waals surface area contributed by atoms with E-state index in [-0.39, 0.29) is 22.2 Å². The Labute approximate surface area is 215 Å². The molecule has 2 amide bonds. The number of aromatic nitrogens is 1. The zero-order valence-electron chi connectivity index (χ0n) is 20.4. The number of nitrogens with zero attached hydrogens (tertiary/aromatic N) is 3. The number of amides is 2. The Kier molecular flexibility index (Phi) is 8.40. The molecule has 0 spiro atoms. The van der Waals surface area contributed by atoms with Crippen LogP contribution in [0.2, 0.25) is 0 Å². The van der Waals surface area contributed by atoms with Gasteiger partial charge in [-0.25, -0.2) is 9.78 Å². The highest BCUT2D eigenvalue weighted by molar-refractivity contribution is 8.00. The van der Waals surface area contributed by atoms with Gasteiger partial charge in [0.05, 0.1) is 5.41 Å². The van der Waals surface area contributed by atoms with Gasteiger partial charge in [0, 0.05) is 11.1 Å². The van der Waals surface area contributed by atoms with E-state index in [4.69, 9.17) is 20.0 Å². The van der Waals surface area contributed by atoms with Crippen molar-refractivity contribution >= 4 is 57.7 Å². The first-order valence-electron chi connectivity index (χ1n) is 10.8. The van der Waals surface area contributed by atoms with Gasteiger partial charge in [0.25, 0.3) is 11.8 Å². The first-order valence-corrected chi connectivity index (χ1v) is 12.7. The Morgan fingerprint density at radius 3 is 2.64 bits per heavy atom. The van der Waals surface area contributed by atoms with Crippen molar-refractivity contribution < 1.29 is 33.5 Å². The van der Waals surface area contributed by atoms with Crippen LogP contribution in [0.5, 0.6) is 0 Å². The number of carbonyl (C=O) groups excluding carboxylic acids is 4. The van der Waals surface area contributed by atoms with Crippen molar-refractivity contribution in [2.75, 3.05) is 25.4 Å². The molecule has 2 atom stereocenters. The average molecular weight is 538 g/mol. The predicted molar refractivity (Wildman–Crippen MR) is 133 cm³/mol. The van der Waals surface area contributed by atoms with Gasteiger partial charge >= 0.3 is 11.9 Å². The van der Waals surface area contributed by atoms with Crippen molar-refractivity contribution in [3.8, 4) is 0 Å². The summed E-state index contributed by atoms with van der Waals surface area (Å²) in [4.78, 5) is 60.9. The largest absolute Gasteiger partial charge is 0.427 e. The quantitative estimate of drug-likeness (QED) is 0.163. The lowest BCUT2D eigenvalue weighted by Gasteiger charge is -2.49. The lowest BCUT2D eigenvalue weighted by Crippen LogP contribution is -2.71. The molecule has 0 aromatic carbocycles. The number of hydrogen-bond acceptors (Lipinski definition) is 12. The minimum atomic E-state index is -0.922. The van der Waals surface area contributed by atoms with Crippen LogP contribution >= 0.6 is 23.1 Å². The topological polar surface area (TPSA) is 163 Å². The lowest BCUT2D eigenvalue weighted by molar-refractivity contribution is -0.173. The second-order valence-corrected chi connectivity index (χ2v) is 10.7. The molecule has 12 nitrogen and oxygen atoms in total. The first-order chi connectivity index (χ1) is 17.0. The third-order valence-electron chi connectivity index (χ3n) is 5.00. The minimum Gasteiger partial charge on any atom is -0.427 e. The normalized spacial score (nSPS) is 20.1. The number of nitrogen functional groups attached to an aromatic ring is 1. The van der Waals surface area contributed by atoms with Crippen molar-refractivity contribution in [1.29, 1.82) is 0 Å². The molecule has 1 saturated heterocycles. The first kappa shape index (κ1) is 27.2. The third kappa shape index (κ3) is 5.70. The number of rotatable bonds is 8. The average Bonchev–Trinajstić information content (AvgIpc) is 3.25. The predicted octanol–water partition coefficient (Wildman–Crippen LogP) is 1.40. The SMILES string of the molecule is C/C=C\C1=C(C(=O)OCOC(=O)C(C)(C)C)N2C(=O)[C@@H](NC(=O)/C(=N\OC)c3csc(N)n3)[C@@H]2SC1. The number of oxime groups is 1. The molecule has 0 unspecified atom stereocenters. The molecule has 2 aliphatic rings. The molecule has 3 N–H and O–H groups in total.